The number of amides is 1. The molecule has 0 aliphatic carbocycles. The number of nitrogens with one attached hydrogen (secondary N) is 1. The van der Waals surface area contributed by atoms with Crippen LogP contribution in [-0.2, 0) is 11.3 Å². The summed E-state index contributed by atoms with van der Waals surface area (Å²) in [5, 5.41) is 13.0. The molecule has 3 aromatic rings. The van der Waals surface area contributed by atoms with Crippen LogP contribution in [-0.4, -0.2) is 33.0 Å². The summed E-state index contributed by atoms with van der Waals surface area (Å²) in [7, 11) is 0. The maximum Gasteiger partial charge on any atom is 0.234 e. The summed E-state index contributed by atoms with van der Waals surface area (Å²) in [6.45, 7) is 5.17. The second-order valence-electron chi connectivity index (χ2n) is 5.97. The number of nitrogens with zero attached hydrogens (tertiary/aromatic N) is 3. The van der Waals surface area contributed by atoms with Crippen LogP contribution in [0.5, 0.6) is 5.75 Å². The van der Waals surface area contributed by atoms with Crippen molar-refractivity contribution in [1.29, 1.82) is 0 Å². The Morgan fingerprint density at radius 2 is 1.86 bits per heavy atom. The third-order valence-electron chi connectivity index (χ3n) is 3.94. The zero-order valence-corrected chi connectivity index (χ0v) is 18.3. The van der Waals surface area contributed by atoms with E-state index in [4.69, 9.17) is 27.9 Å². The number of thioether (sulfide) groups is 1. The van der Waals surface area contributed by atoms with Crippen molar-refractivity contribution < 1.29 is 9.53 Å². The van der Waals surface area contributed by atoms with Gasteiger partial charge < -0.3 is 14.6 Å². The number of carbonyl (C=O) groups excluding carboxylic acids is 1. The van der Waals surface area contributed by atoms with Crippen LogP contribution in [0.25, 0.3) is 11.4 Å². The normalized spacial score (nSPS) is 10.8. The molecule has 6 nitrogen and oxygen atoms in total. The van der Waals surface area contributed by atoms with E-state index in [1.807, 2.05) is 42.7 Å². The average molecular weight is 451 g/mol. The monoisotopic (exact) mass is 450 g/mol. The molecule has 1 N–H and O–H groups in total. The number of hydrogen-bond acceptors (Lipinski definition) is 5. The highest BCUT2D eigenvalue weighted by molar-refractivity contribution is 7.99. The molecule has 2 aromatic carbocycles. The summed E-state index contributed by atoms with van der Waals surface area (Å²) in [4.78, 5) is 12.3. The molecular formula is C20H20Cl2N4O2S. The fraction of sp³-hybridized carbons (Fsp3) is 0.250. The van der Waals surface area contributed by atoms with Crippen LogP contribution in [0.3, 0.4) is 0 Å². The van der Waals surface area contributed by atoms with Gasteiger partial charge in [-0.15, -0.1) is 10.2 Å². The standard InChI is InChI=1S/C20H20Cl2N4O2S/c1-3-26-19(16-7-5-6-8-17(16)28-4-2)24-25-20(26)29-12-18(27)23-15-10-13(21)9-14(22)11-15/h5-11H,3-4,12H2,1-2H3,(H,23,27). The van der Waals surface area contributed by atoms with E-state index in [9.17, 15) is 4.79 Å². The number of ether oxygens (including phenoxy) is 1. The fourth-order valence-electron chi connectivity index (χ4n) is 2.77. The van der Waals surface area contributed by atoms with Crippen molar-refractivity contribution in [2.75, 3.05) is 17.7 Å². The van der Waals surface area contributed by atoms with E-state index in [0.717, 1.165) is 11.3 Å². The van der Waals surface area contributed by atoms with Gasteiger partial charge in [-0.05, 0) is 44.2 Å². The van der Waals surface area contributed by atoms with E-state index >= 15 is 0 Å². The van der Waals surface area contributed by atoms with Crippen molar-refractivity contribution in [3.8, 4) is 17.1 Å². The Labute approximate surface area is 183 Å². The number of hydrogen-bond donors (Lipinski definition) is 1. The van der Waals surface area contributed by atoms with Crippen molar-refractivity contribution in [2.24, 2.45) is 0 Å². The number of rotatable bonds is 8. The van der Waals surface area contributed by atoms with Gasteiger partial charge in [-0.2, -0.15) is 0 Å². The van der Waals surface area contributed by atoms with Crippen molar-refractivity contribution in [2.45, 2.75) is 25.5 Å². The highest BCUT2D eigenvalue weighted by atomic mass is 35.5. The van der Waals surface area contributed by atoms with E-state index < -0.39 is 0 Å². The molecule has 0 atom stereocenters. The average Bonchev–Trinajstić information content (AvgIpc) is 3.09. The first-order chi connectivity index (χ1) is 14.0. The lowest BCUT2D eigenvalue weighted by Crippen LogP contribution is -2.14. The van der Waals surface area contributed by atoms with Gasteiger partial charge in [0.2, 0.25) is 5.91 Å². The Morgan fingerprint density at radius 3 is 2.55 bits per heavy atom. The number of benzene rings is 2. The summed E-state index contributed by atoms with van der Waals surface area (Å²) in [6, 6.07) is 12.6. The van der Waals surface area contributed by atoms with E-state index in [2.05, 4.69) is 15.5 Å². The molecule has 1 heterocycles. The van der Waals surface area contributed by atoms with Gasteiger partial charge in [0.25, 0.3) is 0 Å². The molecule has 1 aromatic heterocycles. The minimum absolute atomic E-state index is 0.176. The Kier molecular flexibility index (Phi) is 7.41. The van der Waals surface area contributed by atoms with Gasteiger partial charge in [0.15, 0.2) is 11.0 Å². The Bertz CT molecular complexity index is 990. The molecular weight excluding hydrogens is 431 g/mol. The quantitative estimate of drug-likeness (QED) is 0.465. The SMILES string of the molecule is CCOc1ccccc1-c1nnc(SCC(=O)Nc2cc(Cl)cc(Cl)c2)n1CC. The topological polar surface area (TPSA) is 69.0 Å². The van der Waals surface area contributed by atoms with Crippen LogP contribution < -0.4 is 10.1 Å². The van der Waals surface area contributed by atoms with Crippen LogP contribution in [0.15, 0.2) is 47.6 Å². The lowest BCUT2D eigenvalue weighted by Gasteiger charge is -2.11. The molecule has 0 bridgehead atoms. The molecule has 0 fully saturated rings. The first kappa shape index (κ1) is 21.5. The van der Waals surface area contributed by atoms with E-state index in [1.165, 1.54) is 11.8 Å². The van der Waals surface area contributed by atoms with Gasteiger partial charge in [-0.25, -0.2) is 0 Å². The van der Waals surface area contributed by atoms with Crippen molar-refractivity contribution in [1.82, 2.24) is 14.8 Å². The van der Waals surface area contributed by atoms with Crippen molar-refractivity contribution in [3.05, 3.63) is 52.5 Å². The Morgan fingerprint density at radius 1 is 1.14 bits per heavy atom. The van der Waals surface area contributed by atoms with Crippen LogP contribution in [0.4, 0.5) is 5.69 Å². The largest absolute Gasteiger partial charge is 0.493 e. The highest BCUT2D eigenvalue weighted by Crippen LogP contribution is 2.31. The number of carbonyl (C=O) groups is 1. The van der Waals surface area contributed by atoms with E-state index in [0.29, 0.717) is 39.9 Å². The van der Waals surface area contributed by atoms with Gasteiger partial charge >= 0.3 is 0 Å². The fourth-order valence-corrected chi connectivity index (χ4v) is 4.09. The third kappa shape index (κ3) is 5.44. The molecule has 152 valence electrons. The molecule has 3 rings (SSSR count). The molecule has 0 radical (unpaired) electrons. The lowest BCUT2D eigenvalue weighted by molar-refractivity contribution is -0.113. The second-order valence-corrected chi connectivity index (χ2v) is 7.79. The molecule has 9 heteroatoms. The van der Waals surface area contributed by atoms with Crippen LogP contribution >= 0.6 is 35.0 Å². The van der Waals surface area contributed by atoms with E-state index in [-0.39, 0.29) is 11.7 Å². The molecule has 0 saturated heterocycles. The predicted molar refractivity (Wildman–Crippen MR) is 118 cm³/mol. The number of anilines is 1. The minimum atomic E-state index is -0.185. The highest BCUT2D eigenvalue weighted by Gasteiger charge is 2.17. The molecule has 0 unspecified atom stereocenters. The maximum absolute atomic E-state index is 12.3. The molecule has 29 heavy (non-hydrogen) atoms. The predicted octanol–water partition coefficient (Wildman–Crippen LogP) is 5.40. The van der Waals surface area contributed by atoms with Crippen molar-refractivity contribution in [3.63, 3.8) is 0 Å². The van der Waals surface area contributed by atoms with Gasteiger partial charge in [-0.3, -0.25) is 4.79 Å². The van der Waals surface area contributed by atoms with Crippen LogP contribution in [0.1, 0.15) is 13.8 Å². The minimum Gasteiger partial charge on any atom is -0.493 e. The first-order valence-corrected chi connectivity index (χ1v) is 10.8. The summed E-state index contributed by atoms with van der Waals surface area (Å²) in [6.07, 6.45) is 0. The molecule has 1 amide bonds. The summed E-state index contributed by atoms with van der Waals surface area (Å²) >= 11 is 13.3. The first-order valence-electron chi connectivity index (χ1n) is 9.06. The Balaban J connectivity index is 1.73. The molecule has 0 aliphatic heterocycles. The lowest BCUT2D eigenvalue weighted by atomic mass is 10.2. The zero-order valence-electron chi connectivity index (χ0n) is 16.0. The Hall–Kier alpha value is -2.22. The summed E-state index contributed by atoms with van der Waals surface area (Å²) in [5.41, 5.74) is 1.42. The number of halogens is 2. The molecule has 0 aliphatic rings. The molecule has 0 saturated carbocycles. The van der Waals surface area contributed by atoms with Gasteiger partial charge in [0, 0.05) is 22.3 Å². The summed E-state index contributed by atoms with van der Waals surface area (Å²) in [5.74, 6) is 1.45. The summed E-state index contributed by atoms with van der Waals surface area (Å²) < 4.78 is 7.67. The number of para-hydroxylation sites is 1. The van der Waals surface area contributed by atoms with Crippen LogP contribution in [0, 0.1) is 0 Å². The van der Waals surface area contributed by atoms with Crippen molar-refractivity contribution >= 4 is 46.6 Å². The van der Waals surface area contributed by atoms with Gasteiger partial charge in [-0.1, -0.05) is 47.1 Å². The van der Waals surface area contributed by atoms with Gasteiger partial charge in [0.1, 0.15) is 5.75 Å². The van der Waals surface area contributed by atoms with E-state index in [1.54, 1.807) is 18.2 Å². The van der Waals surface area contributed by atoms with Crippen LogP contribution in [0.2, 0.25) is 10.0 Å². The smallest absolute Gasteiger partial charge is 0.234 e. The van der Waals surface area contributed by atoms with Gasteiger partial charge in [0.05, 0.1) is 17.9 Å². The number of aromatic nitrogens is 3. The molecule has 0 spiro atoms. The second kappa shape index (κ2) is 10.0. The third-order valence-corrected chi connectivity index (χ3v) is 5.34. The zero-order chi connectivity index (χ0) is 20.8. The maximum atomic E-state index is 12.3.